The topological polar surface area (TPSA) is 56.3 Å². The Morgan fingerprint density at radius 2 is 2.10 bits per heavy atom. The maximum absolute atomic E-state index is 5.75. The van der Waals surface area contributed by atoms with E-state index in [9.17, 15) is 0 Å². The summed E-state index contributed by atoms with van der Waals surface area (Å²) in [5, 5.41) is 3.93. The highest BCUT2D eigenvalue weighted by Crippen LogP contribution is 2.30. The second-order valence-electron chi connectivity index (χ2n) is 4.49. The molecule has 0 aromatic carbocycles. The molecule has 0 unspecified atom stereocenters. The van der Waals surface area contributed by atoms with Crippen molar-refractivity contribution in [1.82, 2.24) is 9.97 Å². The summed E-state index contributed by atoms with van der Waals surface area (Å²) in [7, 11) is 1.80. The molecule has 5 nitrogen and oxygen atoms in total. The van der Waals surface area contributed by atoms with Gasteiger partial charge in [0.1, 0.15) is 11.4 Å². The van der Waals surface area contributed by atoms with E-state index >= 15 is 0 Å². The summed E-state index contributed by atoms with van der Waals surface area (Å²) in [5.41, 5.74) is 0. The quantitative estimate of drug-likeness (QED) is 0.758. The number of hydrogen-bond donors (Lipinski definition) is 1. The first-order valence-electron chi connectivity index (χ1n) is 6.91. The van der Waals surface area contributed by atoms with E-state index in [4.69, 9.17) is 9.47 Å². The lowest BCUT2D eigenvalue weighted by Crippen LogP contribution is -2.09. The number of nitrogens with one attached hydrogen (secondary N) is 1. The number of nitrogens with zero attached hydrogens (tertiary/aromatic N) is 2. The van der Waals surface area contributed by atoms with Crippen molar-refractivity contribution >= 4 is 27.5 Å². The van der Waals surface area contributed by atoms with Crippen molar-refractivity contribution < 1.29 is 9.47 Å². The van der Waals surface area contributed by atoms with Crippen LogP contribution in [0.1, 0.15) is 24.6 Å². The van der Waals surface area contributed by atoms with E-state index in [2.05, 4.69) is 35.2 Å². The van der Waals surface area contributed by atoms with E-state index in [-0.39, 0.29) is 0 Å². The highest BCUT2D eigenvalue weighted by atomic mass is 32.1. The first kappa shape index (κ1) is 15.0. The fraction of sp³-hybridized carbons (Fsp3) is 0.571. The Balaban J connectivity index is 2.00. The normalized spacial score (nSPS) is 10.9. The maximum atomic E-state index is 5.75. The van der Waals surface area contributed by atoms with Crippen LogP contribution in [0.25, 0.3) is 10.2 Å². The maximum Gasteiger partial charge on any atom is 0.227 e. The number of aromatic nitrogens is 2. The van der Waals surface area contributed by atoms with Gasteiger partial charge in [-0.3, -0.25) is 0 Å². The fourth-order valence-electron chi connectivity index (χ4n) is 1.78. The summed E-state index contributed by atoms with van der Waals surface area (Å²) in [4.78, 5) is 11.0. The Labute approximate surface area is 123 Å². The van der Waals surface area contributed by atoms with Gasteiger partial charge in [0.15, 0.2) is 0 Å². The zero-order chi connectivity index (χ0) is 14.4. The minimum atomic E-state index is 0.508. The molecule has 0 bridgehead atoms. The number of unbranched alkanes of at least 4 members (excludes halogenated alkanes) is 1. The van der Waals surface area contributed by atoms with Gasteiger partial charge in [0.25, 0.3) is 0 Å². The number of rotatable bonds is 8. The molecule has 20 heavy (non-hydrogen) atoms. The average Bonchev–Trinajstić information content (AvgIpc) is 2.82. The van der Waals surface area contributed by atoms with Crippen molar-refractivity contribution in [3.63, 3.8) is 0 Å². The van der Waals surface area contributed by atoms with Crippen LogP contribution < -0.4 is 10.1 Å². The molecule has 0 spiro atoms. The second kappa shape index (κ2) is 7.40. The zero-order valence-corrected chi connectivity index (χ0v) is 13.0. The molecule has 0 atom stereocenters. The van der Waals surface area contributed by atoms with Gasteiger partial charge in [-0.15, -0.1) is 11.3 Å². The minimum absolute atomic E-state index is 0.508. The molecule has 2 rings (SSSR count). The largest absolute Gasteiger partial charge is 0.475 e. The molecular formula is C14H21N3O2S. The van der Waals surface area contributed by atoms with Gasteiger partial charge in [0.2, 0.25) is 11.8 Å². The van der Waals surface area contributed by atoms with Crippen molar-refractivity contribution in [2.75, 3.05) is 32.2 Å². The van der Waals surface area contributed by atoms with Crippen LogP contribution in [0.3, 0.4) is 0 Å². The van der Waals surface area contributed by atoms with Crippen LogP contribution in [-0.2, 0) is 4.74 Å². The van der Waals surface area contributed by atoms with Crippen molar-refractivity contribution in [3.05, 3.63) is 10.9 Å². The van der Waals surface area contributed by atoms with Crippen molar-refractivity contribution in [2.45, 2.75) is 26.7 Å². The van der Waals surface area contributed by atoms with Gasteiger partial charge in [0, 0.05) is 18.5 Å². The summed E-state index contributed by atoms with van der Waals surface area (Å²) in [6.07, 6.45) is 2.23. The summed E-state index contributed by atoms with van der Waals surface area (Å²) >= 11 is 1.64. The van der Waals surface area contributed by atoms with E-state index in [0.717, 1.165) is 29.7 Å². The number of anilines is 1. The number of aryl methyl sites for hydroxylation is 1. The molecule has 0 aliphatic rings. The summed E-state index contributed by atoms with van der Waals surface area (Å²) in [6.45, 7) is 6.09. The predicted octanol–water partition coefficient (Wildman–Crippen LogP) is 3.24. The highest BCUT2D eigenvalue weighted by molar-refractivity contribution is 7.18. The smallest absolute Gasteiger partial charge is 0.227 e. The first-order chi connectivity index (χ1) is 9.74. The van der Waals surface area contributed by atoms with Gasteiger partial charge in [-0.2, -0.15) is 4.98 Å². The molecule has 0 radical (unpaired) electrons. The predicted molar refractivity (Wildman–Crippen MR) is 82.9 cm³/mol. The molecule has 0 aliphatic heterocycles. The lowest BCUT2D eigenvalue weighted by molar-refractivity contribution is 0.0971. The molecule has 0 fully saturated rings. The Morgan fingerprint density at radius 3 is 2.85 bits per heavy atom. The summed E-state index contributed by atoms with van der Waals surface area (Å²) in [6, 6.07) is 2.06. The third kappa shape index (κ3) is 3.80. The Hall–Kier alpha value is -1.40. The standard InChI is InChI=1S/C14H21N3O2S/c1-4-5-6-18-7-8-19-12-11-9-10(2)20-13(11)17-14(15-3)16-12/h9H,4-8H2,1-3H3,(H,15,16,17). The monoisotopic (exact) mass is 295 g/mol. The van der Waals surface area contributed by atoms with Crippen LogP contribution >= 0.6 is 11.3 Å². The van der Waals surface area contributed by atoms with Crippen LogP contribution in [0, 0.1) is 6.92 Å². The minimum Gasteiger partial charge on any atom is -0.475 e. The van der Waals surface area contributed by atoms with Gasteiger partial charge >= 0.3 is 0 Å². The van der Waals surface area contributed by atoms with Crippen LogP contribution in [-0.4, -0.2) is 36.8 Å². The van der Waals surface area contributed by atoms with Gasteiger partial charge in [0.05, 0.1) is 12.0 Å². The van der Waals surface area contributed by atoms with Crippen LogP contribution in [0.2, 0.25) is 0 Å². The average molecular weight is 295 g/mol. The van der Waals surface area contributed by atoms with Crippen LogP contribution in [0.4, 0.5) is 5.95 Å². The van der Waals surface area contributed by atoms with Gasteiger partial charge < -0.3 is 14.8 Å². The molecule has 0 saturated carbocycles. The van der Waals surface area contributed by atoms with E-state index < -0.39 is 0 Å². The summed E-state index contributed by atoms with van der Waals surface area (Å²) in [5.74, 6) is 1.21. The van der Waals surface area contributed by atoms with Gasteiger partial charge in [-0.1, -0.05) is 13.3 Å². The van der Waals surface area contributed by atoms with E-state index in [1.54, 1.807) is 18.4 Å². The molecule has 6 heteroatoms. The zero-order valence-electron chi connectivity index (χ0n) is 12.2. The summed E-state index contributed by atoms with van der Waals surface area (Å²) < 4.78 is 11.2. The van der Waals surface area contributed by atoms with Crippen molar-refractivity contribution in [3.8, 4) is 5.88 Å². The molecule has 2 heterocycles. The van der Waals surface area contributed by atoms with Crippen molar-refractivity contribution in [1.29, 1.82) is 0 Å². The highest BCUT2D eigenvalue weighted by Gasteiger charge is 2.11. The lowest BCUT2D eigenvalue weighted by Gasteiger charge is -2.08. The van der Waals surface area contributed by atoms with Crippen LogP contribution in [0.5, 0.6) is 5.88 Å². The lowest BCUT2D eigenvalue weighted by atomic mass is 10.3. The molecular weight excluding hydrogens is 274 g/mol. The van der Waals surface area contributed by atoms with Crippen molar-refractivity contribution in [2.24, 2.45) is 0 Å². The van der Waals surface area contributed by atoms with Gasteiger partial charge in [-0.25, -0.2) is 4.98 Å². The number of thiophene rings is 1. The molecule has 2 aromatic heterocycles. The van der Waals surface area contributed by atoms with E-state index in [1.165, 1.54) is 4.88 Å². The number of ether oxygens (including phenoxy) is 2. The molecule has 1 N–H and O–H groups in total. The third-order valence-electron chi connectivity index (χ3n) is 2.81. The molecule has 110 valence electrons. The number of hydrogen-bond acceptors (Lipinski definition) is 6. The van der Waals surface area contributed by atoms with Crippen LogP contribution in [0.15, 0.2) is 6.07 Å². The first-order valence-corrected chi connectivity index (χ1v) is 7.72. The Morgan fingerprint density at radius 1 is 1.25 bits per heavy atom. The Kier molecular flexibility index (Phi) is 5.55. The molecule has 0 amide bonds. The molecule has 0 saturated heterocycles. The Bertz CT molecular complexity index is 557. The van der Waals surface area contributed by atoms with Gasteiger partial charge in [-0.05, 0) is 19.4 Å². The SMILES string of the molecule is CCCCOCCOc1nc(NC)nc2sc(C)cc12. The molecule has 0 aliphatic carbocycles. The second-order valence-corrected chi connectivity index (χ2v) is 5.73. The van der Waals surface area contributed by atoms with E-state index in [1.807, 2.05) is 0 Å². The molecule has 2 aromatic rings. The fourth-order valence-corrected chi connectivity index (χ4v) is 2.65. The third-order valence-corrected chi connectivity index (χ3v) is 3.76. The number of fused-ring (bicyclic) bond motifs is 1. The van der Waals surface area contributed by atoms with E-state index in [0.29, 0.717) is 25.0 Å².